The van der Waals surface area contributed by atoms with E-state index in [-0.39, 0.29) is 0 Å². The summed E-state index contributed by atoms with van der Waals surface area (Å²) in [6, 6.07) is 6.90. The summed E-state index contributed by atoms with van der Waals surface area (Å²) in [7, 11) is 1.97. The highest BCUT2D eigenvalue weighted by Crippen LogP contribution is 2.39. The predicted octanol–water partition coefficient (Wildman–Crippen LogP) is 3.81. The molecule has 3 heteroatoms. The van der Waals surface area contributed by atoms with E-state index in [9.17, 15) is 0 Å². The lowest BCUT2D eigenvalue weighted by molar-refractivity contribution is 0.566. The Kier molecular flexibility index (Phi) is 3.51. The number of hydrogen-bond acceptors (Lipinski definition) is 2. The van der Waals surface area contributed by atoms with E-state index in [1.54, 1.807) is 0 Å². The Hall–Kier alpha value is -1.77. The van der Waals surface area contributed by atoms with E-state index in [0.29, 0.717) is 5.92 Å². The van der Waals surface area contributed by atoms with Crippen molar-refractivity contribution in [3.05, 3.63) is 36.2 Å². The lowest BCUT2D eigenvalue weighted by Gasteiger charge is -2.35. The van der Waals surface area contributed by atoms with Gasteiger partial charge < -0.3 is 4.90 Å². The van der Waals surface area contributed by atoms with Crippen molar-refractivity contribution in [3.8, 4) is 11.1 Å². The van der Waals surface area contributed by atoms with Crippen LogP contribution in [0.5, 0.6) is 0 Å². The zero-order chi connectivity index (χ0) is 14.1. The third-order valence-corrected chi connectivity index (χ3v) is 4.47. The van der Waals surface area contributed by atoms with Gasteiger partial charge in [0.05, 0.1) is 6.20 Å². The van der Waals surface area contributed by atoms with Crippen LogP contribution in [0.4, 0.5) is 5.69 Å². The van der Waals surface area contributed by atoms with Crippen LogP contribution in [0, 0.1) is 0 Å². The van der Waals surface area contributed by atoms with E-state index in [1.165, 1.54) is 41.8 Å². The van der Waals surface area contributed by atoms with E-state index in [2.05, 4.69) is 48.2 Å². The quantitative estimate of drug-likeness (QED) is 0.845. The number of anilines is 1. The van der Waals surface area contributed by atoms with E-state index in [1.807, 2.05) is 17.9 Å². The topological polar surface area (TPSA) is 21.1 Å². The van der Waals surface area contributed by atoms with Crippen molar-refractivity contribution < 1.29 is 0 Å². The van der Waals surface area contributed by atoms with Gasteiger partial charge in [0.2, 0.25) is 0 Å². The molecule has 0 spiro atoms. The minimum atomic E-state index is 0.699. The van der Waals surface area contributed by atoms with Gasteiger partial charge in [0.15, 0.2) is 0 Å². The van der Waals surface area contributed by atoms with Crippen molar-refractivity contribution in [2.75, 3.05) is 18.0 Å². The van der Waals surface area contributed by atoms with Gasteiger partial charge in [-0.25, -0.2) is 0 Å². The molecule has 0 N–H and O–H groups in total. The molecule has 0 amide bonds. The van der Waals surface area contributed by atoms with Crippen LogP contribution in [0.2, 0.25) is 0 Å². The zero-order valence-corrected chi connectivity index (χ0v) is 12.6. The first-order valence-corrected chi connectivity index (χ1v) is 7.60. The Labute approximate surface area is 121 Å². The van der Waals surface area contributed by atoms with E-state index >= 15 is 0 Å². The SMILES string of the molecule is CCC1CCN(CC)c2ccc(-c3cnn(C)c3)cc21. The summed E-state index contributed by atoms with van der Waals surface area (Å²) in [4.78, 5) is 2.49. The standard InChI is InChI=1S/C17H23N3/c1-4-13-8-9-20(5-2)17-7-6-14(10-16(13)17)15-11-18-19(3)12-15/h6-7,10-13H,4-5,8-9H2,1-3H3. The molecule has 1 atom stereocenters. The van der Waals surface area contributed by atoms with Crippen LogP contribution in [0.3, 0.4) is 0 Å². The molecule has 0 bridgehead atoms. The van der Waals surface area contributed by atoms with Gasteiger partial charge in [-0.15, -0.1) is 0 Å². The molecular weight excluding hydrogens is 246 g/mol. The van der Waals surface area contributed by atoms with Crippen LogP contribution in [0.15, 0.2) is 30.6 Å². The molecule has 0 saturated carbocycles. The molecule has 0 fully saturated rings. The third kappa shape index (κ3) is 2.21. The largest absolute Gasteiger partial charge is 0.372 e. The summed E-state index contributed by atoms with van der Waals surface area (Å²) in [6.45, 7) is 6.82. The summed E-state index contributed by atoms with van der Waals surface area (Å²) < 4.78 is 1.87. The fourth-order valence-electron chi connectivity index (χ4n) is 3.26. The molecule has 1 aromatic carbocycles. The average Bonchev–Trinajstić information content (AvgIpc) is 2.92. The number of benzene rings is 1. The molecule has 2 heterocycles. The van der Waals surface area contributed by atoms with Gasteiger partial charge in [0.25, 0.3) is 0 Å². The summed E-state index contributed by atoms with van der Waals surface area (Å²) in [5.74, 6) is 0.699. The van der Waals surface area contributed by atoms with Gasteiger partial charge >= 0.3 is 0 Å². The zero-order valence-electron chi connectivity index (χ0n) is 12.6. The molecule has 1 unspecified atom stereocenters. The molecule has 0 saturated heterocycles. The molecular formula is C17H23N3. The number of nitrogens with zero attached hydrogens (tertiary/aromatic N) is 3. The number of hydrogen-bond donors (Lipinski definition) is 0. The summed E-state index contributed by atoms with van der Waals surface area (Å²) >= 11 is 0. The second-order valence-electron chi connectivity index (χ2n) is 5.65. The highest BCUT2D eigenvalue weighted by Gasteiger charge is 2.23. The first-order valence-electron chi connectivity index (χ1n) is 7.60. The monoisotopic (exact) mass is 269 g/mol. The van der Waals surface area contributed by atoms with Crippen LogP contribution in [0.25, 0.3) is 11.1 Å². The van der Waals surface area contributed by atoms with E-state index < -0.39 is 0 Å². The molecule has 3 rings (SSSR count). The van der Waals surface area contributed by atoms with Crippen molar-refractivity contribution >= 4 is 5.69 Å². The smallest absolute Gasteiger partial charge is 0.0568 e. The molecule has 0 aliphatic carbocycles. The Morgan fingerprint density at radius 3 is 2.75 bits per heavy atom. The average molecular weight is 269 g/mol. The minimum absolute atomic E-state index is 0.699. The number of rotatable bonds is 3. The lowest BCUT2D eigenvalue weighted by atomic mass is 9.86. The van der Waals surface area contributed by atoms with Crippen molar-refractivity contribution in [2.45, 2.75) is 32.6 Å². The minimum Gasteiger partial charge on any atom is -0.372 e. The maximum absolute atomic E-state index is 4.28. The van der Waals surface area contributed by atoms with Gasteiger partial charge in [-0.1, -0.05) is 13.0 Å². The third-order valence-electron chi connectivity index (χ3n) is 4.47. The van der Waals surface area contributed by atoms with Gasteiger partial charge in [0, 0.05) is 37.6 Å². The van der Waals surface area contributed by atoms with Crippen LogP contribution < -0.4 is 4.90 Å². The van der Waals surface area contributed by atoms with Gasteiger partial charge in [-0.2, -0.15) is 5.10 Å². The highest BCUT2D eigenvalue weighted by molar-refractivity contribution is 5.69. The summed E-state index contributed by atoms with van der Waals surface area (Å²) in [5, 5.41) is 4.28. The van der Waals surface area contributed by atoms with Crippen LogP contribution in [0.1, 0.15) is 38.2 Å². The lowest BCUT2D eigenvalue weighted by Crippen LogP contribution is -2.30. The first kappa shape index (κ1) is 13.2. The number of aromatic nitrogens is 2. The maximum atomic E-state index is 4.28. The molecule has 1 aliphatic heterocycles. The molecule has 3 nitrogen and oxygen atoms in total. The first-order chi connectivity index (χ1) is 9.72. The van der Waals surface area contributed by atoms with Gasteiger partial charge in [0.1, 0.15) is 0 Å². The molecule has 2 aromatic rings. The molecule has 1 aromatic heterocycles. The second kappa shape index (κ2) is 5.31. The van der Waals surface area contributed by atoms with Gasteiger partial charge in [-0.05, 0) is 48.9 Å². The van der Waals surface area contributed by atoms with Crippen LogP contribution >= 0.6 is 0 Å². The Balaban J connectivity index is 2.05. The Morgan fingerprint density at radius 2 is 2.10 bits per heavy atom. The van der Waals surface area contributed by atoms with Crippen molar-refractivity contribution in [1.29, 1.82) is 0 Å². The summed E-state index contributed by atoms with van der Waals surface area (Å²) in [5.41, 5.74) is 5.44. The summed E-state index contributed by atoms with van der Waals surface area (Å²) in [6.07, 6.45) is 6.53. The Morgan fingerprint density at radius 1 is 1.25 bits per heavy atom. The van der Waals surface area contributed by atoms with Crippen LogP contribution in [-0.4, -0.2) is 22.9 Å². The number of fused-ring (bicyclic) bond motifs is 1. The van der Waals surface area contributed by atoms with Crippen molar-refractivity contribution in [1.82, 2.24) is 9.78 Å². The van der Waals surface area contributed by atoms with E-state index in [0.717, 1.165) is 6.54 Å². The van der Waals surface area contributed by atoms with Crippen LogP contribution in [-0.2, 0) is 7.05 Å². The predicted molar refractivity (Wildman–Crippen MR) is 84.2 cm³/mol. The maximum Gasteiger partial charge on any atom is 0.0568 e. The van der Waals surface area contributed by atoms with Crippen molar-refractivity contribution in [3.63, 3.8) is 0 Å². The van der Waals surface area contributed by atoms with E-state index in [4.69, 9.17) is 0 Å². The molecule has 1 aliphatic rings. The van der Waals surface area contributed by atoms with Crippen molar-refractivity contribution in [2.24, 2.45) is 7.05 Å². The Bertz CT molecular complexity index is 600. The fraction of sp³-hybridized carbons (Fsp3) is 0.471. The second-order valence-corrected chi connectivity index (χ2v) is 5.65. The van der Waals surface area contributed by atoms with Gasteiger partial charge in [-0.3, -0.25) is 4.68 Å². The number of aryl methyl sites for hydroxylation is 1. The molecule has 20 heavy (non-hydrogen) atoms. The fourth-order valence-corrected chi connectivity index (χ4v) is 3.26. The normalized spacial score (nSPS) is 18.1. The molecule has 0 radical (unpaired) electrons. The highest BCUT2D eigenvalue weighted by atomic mass is 15.2. The molecule has 106 valence electrons.